The first-order chi connectivity index (χ1) is 16.9. The molecule has 3 nitrogen and oxygen atoms in total. The van der Waals surface area contributed by atoms with Gasteiger partial charge in [-0.05, 0) is 73.1 Å². The highest BCUT2D eigenvalue weighted by Crippen LogP contribution is 2.66. The van der Waals surface area contributed by atoms with Crippen molar-refractivity contribution in [2.24, 2.45) is 28.6 Å². The molecule has 1 aliphatic heterocycles. The summed E-state index contributed by atoms with van der Waals surface area (Å²) in [6.07, 6.45) is 13.4. The predicted molar refractivity (Wildman–Crippen MR) is 135 cm³/mol. The molecule has 7 rings (SSSR count). The van der Waals surface area contributed by atoms with Crippen LogP contribution in [0.15, 0.2) is 84.5 Å². The smallest absolute Gasteiger partial charge is 0.193 e. The lowest BCUT2D eigenvalue weighted by atomic mass is 9.47. The zero-order valence-electron chi connectivity index (χ0n) is 20.7. The standard InChI is InChI=1S/C32H34O3/c1-29-19-20-31(32(35-34-31,22-9-5-3-6-10-22)23-11-7-4-8-12-23)21-24(29)13-14-25-26-15-16-28(33)30(26,2)18-17-27(25)29/h3-12,19-21,25-27H,13-18H2,1-2H3/t25-,26-,27-,29-,30-,31?/m0/s1. The Hall–Kier alpha value is -2.49. The van der Waals surface area contributed by atoms with E-state index in [1.54, 1.807) is 0 Å². The summed E-state index contributed by atoms with van der Waals surface area (Å²) in [5.41, 5.74) is 2.25. The highest BCUT2D eigenvalue weighted by molar-refractivity contribution is 5.87. The summed E-state index contributed by atoms with van der Waals surface area (Å²) in [4.78, 5) is 25.0. The largest absolute Gasteiger partial charge is 0.299 e. The normalized spacial score (nSPS) is 40.9. The van der Waals surface area contributed by atoms with E-state index >= 15 is 0 Å². The lowest BCUT2D eigenvalue weighted by Gasteiger charge is -2.60. The molecule has 3 saturated carbocycles. The number of allylic oxidation sites excluding steroid dienone is 2. The van der Waals surface area contributed by atoms with Crippen LogP contribution in [0, 0.1) is 28.6 Å². The van der Waals surface area contributed by atoms with Crippen LogP contribution in [0.4, 0.5) is 0 Å². The second-order valence-corrected chi connectivity index (χ2v) is 12.0. The first-order valence-corrected chi connectivity index (χ1v) is 13.4. The highest BCUT2D eigenvalue weighted by atomic mass is 17.3. The van der Waals surface area contributed by atoms with Crippen molar-refractivity contribution < 1.29 is 14.6 Å². The Kier molecular flexibility index (Phi) is 4.52. The monoisotopic (exact) mass is 466 g/mol. The van der Waals surface area contributed by atoms with Crippen LogP contribution < -0.4 is 0 Å². The van der Waals surface area contributed by atoms with Gasteiger partial charge in [-0.15, -0.1) is 0 Å². The Labute approximate surface area is 208 Å². The maximum absolute atomic E-state index is 12.8. The maximum Gasteiger partial charge on any atom is 0.193 e. The van der Waals surface area contributed by atoms with E-state index in [-0.39, 0.29) is 10.8 Å². The number of hydrogen-bond acceptors (Lipinski definition) is 3. The van der Waals surface area contributed by atoms with Crippen molar-refractivity contribution >= 4 is 5.78 Å². The van der Waals surface area contributed by atoms with Crippen LogP contribution in [-0.2, 0) is 20.2 Å². The van der Waals surface area contributed by atoms with Crippen LogP contribution in [0.3, 0.4) is 0 Å². The zero-order chi connectivity index (χ0) is 23.9. The molecule has 4 fully saturated rings. The van der Waals surface area contributed by atoms with Crippen LogP contribution in [0.5, 0.6) is 0 Å². The predicted octanol–water partition coefficient (Wildman–Crippen LogP) is 6.94. The van der Waals surface area contributed by atoms with Gasteiger partial charge >= 0.3 is 0 Å². The van der Waals surface area contributed by atoms with E-state index in [9.17, 15) is 4.79 Å². The van der Waals surface area contributed by atoms with Crippen molar-refractivity contribution in [3.8, 4) is 0 Å². The minimum absolute atomic E-state index is 0.0131. The molecule has 0 bridgehead atoms. The maximum atomic E-state index is 12.8. The molecule has 0 aromatic heterocycles. The van der Waals surface area contributed by atoms with E-state index in [1.165, 1.54) is 12.0 Å². The quantitative estimate of drug-likeness (QED) is 0.355. The third-order valence-corrected chi connectivity index (χ3v) is 10.6. The molecule has 1 unspecified atom stereocenters. The van der Waals surface area contributed by atoms with Gasteiger partial charge in [-0.2, -0.15) is 0 Å². The Morgan fingerprint density at radius 2 is 1.46 bits per heavy atom. The van der Waals surface area contributed by atoms with Crippen molar-refractivity contribution in [2.45, 2.75) is 63.6 Å². The molecule has 6 atom stereocenters. The molecular formula is C32H34O3. The van der Waals surface area contributed by atoms with E-state index in [0.717, 1.165) is 43.2 Å². The molecule has 180 valence electrons. The van der Waals surface area contributed by atoms with Gasteiger partial charge in [0, 0.05) is 17.3 Å². The molecule has 1 spiro atoms. The molecule has 0 N–H and O–H groups in total. The minimum Gasteiger partial charge on any atom is -0.299 e. The lowest BCUT2D eigenvalue weighted by molar-refractivity contribution is -0.522. The van der Waals surface area contributed by atoms with Crippen molar-refractivity contribution in [1.82, 2.24) is 0 Å². The Morgan fingerprint density at radius 1 is 0.771 bits per heavy atom. The molecule has 35 heavy (non-hydrogen) atoms. The molecule has 1 saturated heterocycles. The van der Waals surface area contributed by atoms with Gasteiger partial charge in [-0.25, -0.2) is 9.78 Å². The number of carbonyl (C=O) groups is 1. The van der Waals surface area contributed by atoms with Crippen molar-refractivity contribution in [2.75, 3.05) is 0 Å². The molecule has 0 radical (unpaired) electrons. The van der Waals surface area contributed by atoms with Gasteiger partial charge in [0.2, 0.25) is 0 Å². The van der Waals surface area contributed by atoms with Gasteiger partial charge in [0.15, 0.2) is 11.2 Å². The number of carbonyl (C=O) groups excluding carboxylic acids is 1. The van der Waals surface area contributed by atoms with Gasteiger partial charge < -0.3 is 0 Å². The van der Waals surface area contributed by atoms with Crippen molar-refractivity contribution in [3.05, 3.63) is 95.6 Å². The van der Waals surface area contributed by atoms with Gasteiger partial charge in [0.25, 0.3) is 0 Å². The van der Waals surface area contributed by atoms with Gasteiger partial charge in [-0.1, -0.05) is 86.2 Å². The fourth-order valence-electron chi connectivity index (χ4n) is 8.65. The summed E-state index contributed by atoms with van der Waals surface area (Å²) in [6, 6.07) is 21.0. The first kappa shape index (κ1) is 21.8. The summed E-state index contributed by atoms with van der Waals surface area (Å²) in [7, 11) is 0. The van der Waals surface area contributed by atoms with E-state index < -0.39 is 11.2 Å². The third-order valence-electron chi connectivity index (χ3n) is 10.6. The van der Waals surface area contributed by atoms with Gasteiger partial charge in [0.05, 0.1) is 0 Å². The van der Waals surface area contributed by atoms with E-state index in [2.05, 4.69) is 80.6 Å². The second kappa shape index (κ2) is 7.27. The number of hydrogen-bond donors (Lipinski definition) is 0. The molecule has 1 heterocycles. The number of rotatable bonds is 2. The van der Waals surface area contributed by atoms with Crippen molar-refractivity contribution in [3.63, 3.8) is 0 Å². The third kappa shape index (κ3) is 2.66. The summed E-state index contributed by atoms with van der Waals surface area (Å²) in [6.45, 7) is 4.70. The molecule has 2 aromatic rings. The number of Topliss-reactive ketones (excluding diaryl/α,β-unsaturated/α-hetero) is 1. The molecule has 2 aromatic carbocycles. The first-order valence-electron chi connectivity index (χ1n) is 13.4. The summed E-state index contributed by atoms with van der Waals surface area (Å²) in [5.74, 6) is 2.28. The average Bonchev–Trinajstić information content (AvgIpc) is 3.19. The van der Waals surface area contributed by atoms with Gasteiger partial charge in [-0.3, -0.25) is 4.79 Å². The Morgan fingerprint density at radius 3 is 2.09 bits per heavy atom. The molecule has 5 aliphatic rings. The Bertz CT molecular complexity index is 1190. The van der Waals surface area contributed by atoms with Crippen molar-refractivity contribution in [1.29, 1.82) is 0 Å². The topological polar surface area (TPSA) is 35.5 Å². The summed E-state index contributed by atoms with van der Waals surface area (Å²) >= 11 is 0. The van der Waals surface area contributed by atoms with E-state index in [1.807, 2.05) is 12.1 Å². The average molecular weight is 467 g/mol. The van der Waals surface area contributed by atoms with E-state index in [0.29, 0.717) is 23.5 Å². The SMILES string of the molecule is C[C@]12C=CC3(C=C1CC[C@@H]1[C@@H]2CC[C@]2(C)C(=O)CC[C@@H]12)OOC3(c1ccccc1)c1ccccc1. The highest BCUT2D eigenvalue weighted by Gasteiger charge is 2.67. The zero-order valence-corrected chi connectivity index (χ0v) is 20.7. The molecule has 0 amide bonds. The lowest BCUT2D eigenvalue weighted by Crippen LogP contribution is -2.64. The van der Waals surface area contributed by atoms with Crippen LogP contribution >= 0.6 is 0 Å². The molecular weight excluding hydrogens is 432 g/mol. The van der Waals surface area contributed by atoms with Gasteiger partial charge in [0.1, 0.15) is 5.78 Å². The van der Waals surface area contributed by atoms with Crippen LogP contribution in [0.2, 0.25) is 0 Å². The fourth-order valence-corrected chi connectivity index (χ4v) is 8.65. The van der Waals surface area contributed by atoms with Crippen LogP contribution in [0.1, 0.15) is 63.5 Å². The second-order valence-electron chi connectivity index (χ2n) is 12.0. The number of ketones is 1. The summed E-state index contributed by atoms with van der Waals surface area (Å²) < 4.78 is 0. The summed E-state index contributed by atoms with van der Waals surface area (Å²) in [5, 5.41) is 0. The van der Waals surface area contributed by atoms with Crippen LogP contribution in [-0.4, -0.2) is 11.4 Å². The molecule has 3 heteroatoms. The molecule has 4 aliphatic carbocycles. The Balaban J connectivity index is 1.30. The number of fused-ring (bicyclic) bond motifs is 5. The van der Waals surface area contributed by atoms with E-state index in [4.69, 9.17) is 9.78 Å². The number of benzene rings is 2. The minimum atomic E-state index is -0.708. The van der Waals surface area contributed by atoms with Crippen LogP contribution in [0.25, 0.3) is 0 Å². The fraction of sp³-hybridized carbons (Fsp3) is 0.469.